The second-order valence-corrected chi connectivity index (χ2v) is 9.48. The van der Waals surface area contributed by atoms with Crippen LogP contribution >= 0.6 is 35.3 Å². The highest BCUT2D eigenvalue weighted by molar-refractivity contribution is 7.99. The van der Waals surface area contributed by atoms with Crippen molar-refractivity contribution in [1.82, 2.24) is 14.1 Å². The van der Waals surface area contributed by atoms with Gasteiger partial charge >= 0.3 is 5.97 Å². The third kappa shape index (κ3) is 4.87. The van der Waals surface area contributed by atoms with Gasteiger partial charge in [-0.3, -0.25) is 18.7 Å². The first-order valence-corrected chi connectivity index (χ1v) is 12.4. The highest BCUT2D eigenvalue weighted by Crippen LogP contribution is 2.30. The Balaban J connectivity index is 1.90. The van der Waals surface area contributed by atoms with Crippen LogP contribution in [0.5, 0.6) is 5.75 Å². The van der Waals surface area contributed by atoms with Gasteiger partial charge in [-0.2, -0.15) is 0 Å². The number of ether oxygens (including phenoxy) is 2. The van der Waals surface area contributed by atoms with Crippen LogP contribution in [0.3, 0.4) is 0 Å². The zero-order valence-electron chi connectivity index (χ0n) is 18.0. The van der Waals surface area contributed by atoms with Gasteiger partial charge in [-0.15, -0.1) is 0 Å². The van der Waals surface area contributed by atoms with Crippen molar-refractivity contribution >= 4 is 51.6 Å². The van der Waals surface area contributed by atoms with Crippen molar-refractivity contribution in [3.05, 3.63) is 74.5 Å². The molecule has 0 atom stereocenters. The third-order valence-electron chi connectivity index (χ3n) is 4.79. The van der Waals surface area contributed by atoms with Gasteiger partial charge in [0.15, 0.2) is 14.8 Å². The van der Waals surface area contributed by atoms with E-state index in [9.17, 15) is 9.59 Å². The van der Waals surface area contributed by atoms with E-state index >= 15 is 0 Å². The summed E-state index contributed by atoms with van der Waals surface area (Å²) in [5.74, 6) is 0.291. The first kappa shape index (κ1) is 23.2. The summed E-state index contributed by atoms with van der Waals surface area (Å²) < 4.78 is 14.8. The summed E-state index contributed by atoms with van der Waals surface area (Å²) in [4.78, 5) is 30.4. The number of methoxy groups -OCH3 is 1. The molecule has 4 rings (SSSR count). The van der Waals surface area contributed by atoms with Gasteiger partial charge in [0.1, 0.15) is 10.4 Å². The van der Waals surface area contributed by atoms with E-state index in [0.717, 1.165) is 5.56 Å². The maximum absolute atomic E-state index is 13.6. The van der Waals surface area contributed by atoms with Gasteiger partial charge in [0.2, 0.25) is 0 Å². The molecule has 0 amide bonds. The van der Waals surface area contributed by atoms with Gasteiger partial charge in [-0.25, -0.2) is 4.98 Å². The normalized spacial score (nSPS) is 11.0. The first-order chi connectivity index (χ1) is 16.0. The number of carbonyl (C=O) groups is 1. The van der Waals surface area contributed by atoms with E-state index in [4.69, 9.17) is 26.7 Å². The quantitative estimate of drug-likeness (QED) is 0.151. The van der Waals surface area contributed by atoms with Crippen LogP contribution in [0.4, 0.5) is 0 Å². The van der Waals surface area contributed by atoms with Crippen LogP contribution in [0.2, 0.25) is 0 Å². The molecular weight excluding hydrogens is 478 g/mol. The van der Waals surface area contributed by atoms with Gasteiger partial charge < -0.3 is 9.47 Å². The molecule has 0 aliphatic carbocycles. The molecular formula is C23H21N3O4S3. The lowest BCUT2D eigenvalue weighted by Gasteiger charge is -2.14. The van der Waals surface area contributed by atoms with E-state index in [2.05, 4.69) is 0 Å². The highest BCUT2D eigenvalue weighted by atomic mass is 32.2. The molecule has 2 aromatic heterocycles. The van der Waals surface area contributed by atoms with E-state index in [0.29, 0.717) is 44.0 Å². The van der Waals surface area contributed by atoms with E-state index in [1.165, 1.54) is 23.1 Å². The summed E-state index contributed by atoms with van der Waals surface area (Å²) >= 11 is 8.00. The lowest BCUT2D eigenvalue weighted by atomic mass is 10.2. The average molecular weight is 500 g/mol. The molecule has 10 heteroatoms. The lowest BCUT2D eigenvalue weighted by molar-refractivity contribution is -0.139. The predicted molar refractivity (Wildman–Crippen MR) is 133 cm³/mol. The smallest absolute Gasteiger partial charge is 0.316 e. The zero-order valence-corrected chi connectivity index (χ0v) is 20.5. The molecule has 0 aliphatic heterocycles. The van der Waals surface area contributed by atoms with Crippen molar-refractivity contribution in [3.8, 4) is 11.4 Å². The van der Waals surface area contributed by atoms with Crippen molar-refractivity contribution < 1.29 is 14.3 Å². The number of rotatable bonds is 8. The summed E-state index contributed by atoms with van der Waals surface area (Å²) in [7, 11) is 1.58. The average Bonchev–Trinajstić information content (AvgIpc) is 3.16. The van der Waals surface area contributed by atoms with Gasteiger partial charge in [0, 0.05) is 0 Å². The number of aromatic nitrogens is 3. The summed E-state index contributed by atoms with van der Waals surface area (Å²) in [6, 6.07) is 17.1. The van der Waals surface area contributed by atoms with Gasteiger partial charge in [-0.05, 0) is 36.8 Å². The van der Waals surface area contributed by atoms with E-state index in [-0.39, 0.29) is 17.3 Å². The number of esters is 1. The van der Waals surface area contributed by atoms with E-state index in [1.54, 1.807) is 23.2 Å². The number of fused-ring (bicyclic) bond motifs is 1. The Kier molecular flexibility index (Phi) is 7.26. The Morgan fingerprint density at radius 1 is 1.15 bits per heavy atom. The molecule has 0 saturated carbocycles. The van der Waals surface area contributed by atoms with Crippen LogP contribution < -0.4 is 10.3 Å². The molecule has 2 heterocycles. The molecule has 2 aromatic carbocycles. The first-order valence-electron chi connectivity index (χ1n) is 10.2. The molecule has 0 saturated heterocycles. The predicted octanol–water partition coefficient (Wildman–Crippen LogP) is 4.69. The van der Waals surface area contributed by atoms with Crippen molar-refractivity contribution in [3.63, 3.8) is 0 Å². The second-order valence-electron chi connectivity index (χ2n) is 6.89. The standard InChI is InChI=1S/C23H21N3O4S3/c1-3-30-18(27)14-32-22-24-20-19(21(28)25(22)13-15-9-5-4-6-10-15)33-23(31)26(20)16-11-7-8-12-17(16)29-2/h4-12H,3,13-14H2,1-2H3. The maximum atomic E-state index is 13.6. The van der Waals surface area contributed by atoms with Crippen LogP contribution in [0.25, 0.3) is 16.0 Å². The minimum Gasteiger partial charge on any atom is -0.495 e. The SMILES string of the molecule is CCOC(=O)CSc1nc2c(sc(=S)n2-c2ccccc2OC)c(=O)n1Cc1ccccc1. The zero-order chi connectivity index (χ0) is 23.4. The van der Waals surface area contributed by atoms with Crippen molar-refractivity contribution in [2.75, 3.05) is 19.5 Å². The molecule has 0 bridgehead atoms. The van der Waals surface area contributed by atoms with E-state index in [1.807, 2.05) is 54.6 Å². The van der Waals surface area contributed by atoms with Gasteiger partial charge in [0.25, 0.3) is 5.56 Å². The lowest BCUT2D eigenvalue weighted by Crippen LogP contribution is -2.24. The Morgan fingerprint density at radius 2 is 1.88 bits per heavy atom. The van der Waals surface area contributed by atoms with Crippen LogP contribution in [0, 0.1) is 3.95 Å². The molecule has 4 aromatic rings. The molecule has 0 N–H and O–H groups in total. The Labute approximate surface area is 203 Å². The van der Waals surface area contributed by atoms with Gasteiger partial charge in [0.05, 0.1) is 31.7 Å². The van der Waals surface area contributed by atoms with Crippen molar-refractivity contribution in [1.29, 1.82) is 0 Å². The molecule has 170 valence electrons. The fraction of sp³-hybridized carbons (Fsp3) is 0.217. The Bertz CT molecular complexity index is 1410. The van der Waals surface area contributed by atoms with Crippen LogP contribution in [-0.4, -0.2) is 39.6 Å². The number of carbonyl (C=O) groups excluding carboxylic acids is 1. The monoisotopic (exact) mass is 499 g/mol. The molecule has 0 spiro atoms. The second kappa shape index (κ2) is 10.3. The number of benzene rings is 2. The number of hydrogen-bond donors (Lipinski definition) is 0. The summed E-state index contributed by atoms with van der Waals surface area (Å²) in [5.41, 5.74) is 1.88. The largest absolute Gasteiger partial charge is 0.495 e. The fourth-order valence-corrected chi connectivity index (χ4v) is 5.43. The Hall–Kier alpha value is -2.95. The molecule has 0 fully saturated rings. The van der Waals surface area contributed by atoms with Crippen molar-refractivity contribution in [2.45, 2.75) is 18.6 Å². The number of hydrogen-bond acceptors (Lipinski definition) is 8. The Morgan fingerprint density at radius 3 is 2.61 bits per heavy atom. The molecule has 0 aliphatic rings. The van der Waals surface area contributed by atoms with Crippen LogP contribution in [0.15, 0.2) is 64.5 Å². The molecule has 0 unspecified atom stereocenters. The number of para-hydroxylation sites is 2. The van der Waals surface area contributed by atoms with Crippen LogP contribution in [0.1, 0.15) is 12.5 Å². The molecule has 7 nitrogen and oxygen atoms in total. The summed E-state index contributed by atoms with van der Waals surface area (Å²) in [5, 5.41) is 0.417. The van der Waals surface area contributed by atoms with Gasteiger partial charge in [-0.1, -0.05) is 65.6 Å². The minimum absolute atomic E-state index is 0.0418. The number of thiazole rings is 1. The number of nitrogens with zero attached hydrogens (tertiary/aromatic N) is 3. The fourth-order valence-electron chi connectivity index (χ4n) is 3.34. The number of thioether (sulfide) groups is 1. The third-order valence-corrected chi connectivity index (χ3v) is 7.09. The van der Waals surface area contributed by atoms with Crippen molar-refractivity contribution in [2.24, 2.45) is 0 Å². The highest BCUT2D eigenvalue weighted by Gasteiger charge is 2.20. The molecule has 33 heavy (non-hydrogen) atoms. The minimum atomic E-state index is -0.366. The van der Waals surface area contributed by atoms with Crippen LogP contribution in [-0.2, 0) is 16.1 Å². The summed E-state index contributed by atoms with van der Waals surface area (Å²) in [6.07, 6.45) is 0. The molecule has 0 radical (unpaired) electrons. The maximum Gasteiger partial charge on any atom is 0.316 e. The topological polar surface area (TPSA) is 75.3 Å². The van der Waals surface area contributed by atoms with E-state index < -0.39 is 0 Å². The summed E-state index contributed by atoms with van der Waals surface area (Å²) in [6.45, 7) is 2.37.